The molecule has 1 aliphatic heterocycles. The van der Waals surface area contributed by atoms with Crippen molar-refractivity contribution in [1.29, 1.82) is 0 Å². The molecule has 0 aliphatic carbocycles. The molecule has 1 N–H and O–H groups in total. The summed E-state index contributed by atoms with van der Waals surface area (Å²) in [6.07, 6.45) is 3.00. The molecule has 0 bridgehead atoms. The third-order valence-electron chi connectivity index (χ3n) is 4.01. The molecule has 0 atom stereocenters. The molecule has 3 nitrogen and oxygen atoms in total. The Kier molecular flexibility index (Phi) is 7.56. The summed E-state index contributed by atoms with van der Waals surface area (Å²) < 4.78 is 0. The van der Waals surface area contributed by atoms with Crippen LogP contribution in [0.5, 0.6) is 0 Å². The van der Waals surface area contributed by atoms with Crippen LogP contribution >= 0.6 is 23.4 Å². The van der Waals surface area contributed by atoms with Crippen LogP contribution in [0.3, 0.4) is 0 Å². The number of hydrogen-bond donors (Lipinski definition) is 1. The van der Waals surface area contributed by atoms with Crippen molar-refractivity contribution in [3.05, 3.63) is 34.9 Å². The van der Waals surface area contributed by atoms with E-state index in [9.17, 15) is 4.79 Å². The Bertz CT molecular complexity index is 475. The maximum absolute atomic E-state index is 12.0. The molecule has 0 unspecified atom stereocenters. The standard InChI is InChI=1S/C17H25ClN2OS/c1-20-9-6-15(7-10-20)17(21)19-8-3-11-22-13-14-4-2-5-16(18)12-14/h2,4-5,12,15H,3,6-11,13H2,1H3,(H,19,21). The van der Waals surface area contributed by atoms with Gasteiger partial charge in [-0.15, -0.1) is 0 Å². The monoisotopic (exact) mass is 340 g/mol. The average molecular weight is 341 g/mol. The molecule has 122 valence electrons. The van der Waals surface area contributed by atoms with Crippen molar-refractivity contribution in [3.63, 3.8) is 0 Å². The van der Waals surface area contributed by atoms with Crippen molar-refractivity contribution in [3.8, 4) is 0 Å². The van der Waals surface area contributed by atoms with Gasteiger partial charge >= 0.3 is 0 Å². The summed E-state index contributed by atoms with van der Waals surface area (Å²) in [5, 5.41) is 3.88. The fourth-order valence-electron chi connectivity index (χ4n) is 2.62. The first-order valence-corrected chi connectivity index (χ1v) is 9.47. The summed E-state index contributed by atoms with van der Waals surface area (Å²) in [6.45, 7) is 2.86. The minimum atomic E-state index is 0.218. The molecule has 1 heterocycles. The van der Waals surface area contributed by atoms with Crippen LogP contribution in [0.4, 0.5) is 0 Å². The highest BCUT2D eigenvalue weighted by molar-refractivity contribution is 7.98. The van der Waals surface area contributed by atoms with E-state index < -0.39 is 0 Å². The van der Waals surface area contributed by atoms with Crippen LogP contribution in [0, 0.1) is 5.92 Å². The summed E-state index contributed by atoms with van der Waals surface area (Å²) in [5.41, 5.74) is 1.26. The van der Waals surface area contributed by atoms with Crippen LogP contribution in [0.15, 0.2) is 24.3 Å². The molecule has 0 saturated carbocycles. The number of halogens is 1. The van der Waals surface area contributed by atoms with Gasteiger partial charge in [-0.25, -0.2) is 0 Å². The lowest BCUT2D eigenvalue weighted by atomic mass is 9.96. The van der Waals surface area contributed by atoms with E-state index in [0.29, 0.717) is 0 Å². The van der Waals surface area contributed by atoms with Gasteiger partial charge in [0.25, 0.3) is 0 Å². The van der Waals surface area contributed by atoms with Crippen molar-refractivity contribution < 1.29 is 4.79 Å². The van der Waals surface area contributed by atoms with E-state index in [2.05, 4.69) is 23.3 Å². The van der Waals surface area contributed by atoms with Crippen molar-refractivity contribution in [2.24, 2.45) is 5.92 Å². The van der Waals surface area contributed by atoms with Crippen LogP contribution in [-0.2, 0) is 10.5 Å². The van der Waals surface area contributed by atoms with Gasteiger partial charge in [0, 0.05) is 23.2 Å². The number of likely N-dealkylation sites (tertiary alicyclic amines) is 1. The molecular weight excluding hydrogens is 316 g/mol. The van der Waals surface area contributed by atoms with E-state index in [1.165, 1.54) is 5.56 Å². The smallest absolute Gasteiger partial charge is 0.223 e. The topological polar surface area (TPSA) is 32.3 Å². The van der Waals surface area contributed by atoms with E-state index in [0.717, 1.165) is 55.4 Å². The molecule has 1 amide bonds. The van der Waals surface area contributed by atoms with E-state index in [1.807, 2.05) is 30.0 Å². The van der Waals surface area contributed by atoms with Crippen molar-refractivity contribution in [1.82, 2.24) is 10.2 Å². The van der Waals surface area contributed by atoms with Crippen LogP contribution in [0.25, 0.3) is 0 Å². The minimum Gasteiger partial charge on any atom is -0.356 e. The second-order valence-electron chi connectivity index (χ2n) is 5.90. The SMILES string of the molecule is CN1CCC(C(=O)NCCCSCc2cccc(Cl)c2)CC1. The average Bonchev–Trinajstić information content (AvgIpc) is 2.51. The van der Waals surface area contributed by atoms with E-state index in [4.69, 9.17) is 11.6 Å². The van der Waals surface area contributed by atoms with Gasteiger partial charge in [0.15, 0.2) is 0 Å². The number of nitrogens with one attached hydrogen (secondary N) is 1. The fourth-order valence-corrected chi connectivity index (χ4v) is 3.74. The minimum absolute atomic E-state index is 0.218. The molecule has 0 aromatic heterocycles. The first-order chi connectivity index (χ1) is 10.6. The number of hydrogen-bond acceptors (Lipinski definition) is 3. The lowest BCUT2D eigenvalue weighted by Gasteiger charge is -2.28. The highest BCUT2D eigenvalue weighted by Gasteiger charge is 2.22. The molecule has 2 rings (SSSR count). The number of thioether (sulfide) groups is 1. The molecule has 1 aromatic rings. The zero-order valence-electron chi connectivity index (χ0n) is 13.2. The number of benzene rings is 1. The summed E-state index contributed by atoms with van der Waals surface area (Å²) in [5.74, 6) is 2.49. The highest BCUT2D eigenvalue weighted by Crippen LogP contribution is 2.17. The van der Waals surface area contributed by atoms with Crippen molar-refractivity contribution in [2.75, 3.05) is 32.4 Å². The maximum Gasteiger partial charge on any atom is 0.223 e. The Labute approximate surface area is 142 Å². The molecule has 0 radical (unpaired) electrons. The number of rotatable bonds is 7. The third-order valence-corrected chi connectivity index (χ3v) is 5.36. The summed E-state index contributed by atoms with van der Waals surface area (Å²) in [6, 6.07) is 7.99. The van der Waals surface area contributed by atoms with Crippen molar-refractivity contribution >= 4 is 29.3 Å². The van der Waals surface area contributed by atoms with Gasteiger partial charge in [-0.2, -0.15) is 11.8 Å². The normalized spacial score (nSPS) is 16.6. The van der Waals surface area contributed by atoms with E-state index >= 15 is 0 Å². The third kappa shape index (κ3) is 6.19. The molecule has 1 saturated heterocycles. The van der Waals surface area contributed by atoms with Crippen molar-refractivity contribution in [2.45, 2.75) is 25.0 Å². The molecule has 1 aliphatic rings. The van der Waals surface area contributed by atoms with Gasteiger partial charge in [0.2, 0.25) is 5.91 Å². The van der Waals surface area contributed by atoms with E-state index in [-0.39, 0.29) is 11.8 Å². The number of carbonyl (C=O) groups is 1. The van der Waals surface area contributed by atoms with E-state index in [1.54, 1.807) is 0 Å². The Morgan fingerprint density at radius 3 is 2.91 bits per heavy atom. The predicted octanol–water partition coefficient (Wildman–Crippen LogP) is 3.42. The lowest BCUT2D eigenvalue weighted by molar-refractivity contribution is -0.126. The lowest BCUT2D eigenvalue weighted by Crippen LogP contribution is -2.39. The molecule has 5 heteroatoms. The van der Waals surface area contributed by atoms with Crippen LogP contribution < -0.4 is 5.32 Å². The largest absolute Gasteiger partial charge is 0.356 e. The number of nitrogens with zero attached hydrogens (tertiary/aromatic N) is 1. The van der Waals surface area contributed by atoms with Crippen LogP contribution in [0.1, 0.15) is 24.8 Å². The van der Waals surface area contributed by atoms with Gasteiger partial charge in [0.1, 0.15) is 0 Å². The Hall–Kier alpha value is -0.710. The summed E-state index contributed by atoms with van der Waals surface area (Å²) in [7, 11) is 2.12. The quantitative estimate of drug-likeness (QED) is 0.772. The Balaban J connectivity index is 1.53. The van der Waals surface area contributed by atoms with Gasteiger partial charge in [-0.05, 0) is 62.8 Å². The Morgan fingerprint density at radius 2 is 2.18 bits per heavy atom. The molecule has 1 aromatic carbocycles. The number of carbonyl (C=O) groups excluding carboxylic acids is 1. The second-order valence-corrected chi connectivity index (χ2v) is 7.45. The zero-order valence-corrected chi connectivity index (χ0v) is 14.8. The van der Waals surface area contributed by atoms with Gasteiger partial charge in [0.05, 0.1) is 0 Å². The van der Waals surface area contributed by atoms with Gasteiger partial charge in [-0.3, -0.25) is 4.79 Å². The molecule has 22 heavy (non-hydrogen) atoms. The summed E-state index contributed by atoms with van der Waals surface area (Å²) in [4.78, 5) is 14.3. The molecule has 1 fully saturated rings. The summed E-state index contributed by atoms with van der Waals surface area (Å²) >= 11 is 7.85. The second kappa shape index (κ2) is 9.43. The van der Waals surface area contributed by atoms with Gasteiger partial charge < -0.3 is 10.2 Å². The molecular formula is C17H25ClN2OS. The first kappa shape index (κ1) is 17.6. The Morgan fingerprint density at radius 1 is 1.41 bits per heavy atom. The predicted molar refractivity (Wildman–Crippen MR) is 95.5 cm³/mol. The molecule has 0 spiro atoms. The van der Waals surface area contributed by atoms with Gasteiger partial charge in [-0.1, -0.05) is 23.7 Å². The fraction of sp³-hybridized carbons (Fsp3) is 0.588. The number of piperidine rings is 1. The highest BCUT2D eigenvalue weighted by atomic mass is 35.5. The van der Waals surface area contributed by atoms with Crippen LogP contribution in [-0.4, -0.2) is 43.2 Å². The zero-order chi connectivity index (χ0) is 15.8. The number of amides is 1. The van der Waals surface area contributed by atoms with Crippen LogP contribution in [0.2, 0.25) is 5.02 Å². The first-order valence-electron chi connectivity index (χ1n) is 7.93. The maximum atomic E-state index is 12.0.